The second-order valence-corrected chi connectivity index (χ2v) is 5.14. The summed E-state index contributed by atoms with van der Waals surface area (Å²) in [5.41, 5.74) is 8.56. The third-order valence-electron chi connectivity index (χ3n) is 3.51. The lowest BCUT2D eigenvalue weighted by molar-refractivity contribution is 0.319. The number of rotatable bonds is 1. The molecule has 0 aliphatic carbocycles. The average molecular weight is 287 g/mol. The van der Waals surface area contributed by atoms with Gasteiger partial charge in [-0.05, 0) is 12.1 Å². The molecule has 0 radical (unpaired) electrons. The first-order valence-electron chi connectivity index (χ1n) is 6.25. The summed E-state index contributed by atoms with van der Waals surface area (Å²) < 4.78 is 7.60. The number of ether oxygens (including phenoxy) is 1. The molecule has 100 valence electrons. The minimum absolute atomic E-state index is 0.00937. The van der Waals surface area contributed by atoms with Gasteiger partial charge in [0.05, 0.1) is 5.02 Å². The van der Waals surface area contributed by atoms with Crippen LogP contribution >= 0.6 is 11.6 Å². The lowest BCUT2D eigenvalue weighted by atomic mass is 10.1. The van der Waals surface area contributed by atoms with E-state index in [2.05, 4.69) is 9.97 Å². The van der Waals surface area contributed by atoms with Gasteiger partial charge >= 0.3 is 0 Å². The fraction of sp³-hybridized carbons (Fsp3) is 0.143. The van der Waals surface area contributed by atoms with Gasteiger partial charge in [-0.25, -0.2) is 9.97 Å². The topological polar surface area (TPSA) is 66.0 Å². The van der Waals surface area contributed by atoms with Gasteiger partial charge in [0, 0.05) is 11.8 Å². The first-order valence-corrected chi connectivity index (χ1v) is 6.62. The Kier molecular flexibility index (Phi) is 2.37. The molecule has 0 fully saturated rings. The molecule has 6 heteroatoms. The highest BCUT2D eigenvalue weighted by molar-refractivity contribution is 6.31. The predicted molar refractivity (Wildman–Crippen MR) is 77.0 cm³/mol. The Bertz CT molecular complexity index is 814. The number of anilines is 1. The second-order valence-electron chi connectivity index (χ2n) is 4.70. The van der Waals surface area contributed by atoms with E-state index in [1.54, 1.807) is 12.3 Å². The second kappa shape index (κ2) is 4.11. The molecule has 2 N–H and O–H groups in total. The van der Waals surface area contributed by atoms with E-state index in [0.29, 0.717) is 23.1 Å². The van der Waals surface area contributed by atoms with Crippen LogP contribution in [0.3, 0.4) is 0 Å². The summed E-state index contributed by atoms with van der Waals surface area (Å²) in [7, 11) is 0. The Morgan fingerprint density at radius 2 is 2.20 bits per heavy atom. The van der Waals surface area contributed by atoms with Gasteiger partial charge in [0.2, 0.25) is 5.95 Å². The Labute approximate surface area is 120 Å². The van der Waals surface area contributed by atoms with E-state index in [9.17, 15) is 0 Å². The lowest BCUT2D eigenvalue weighted by Crippen LogP contribution is -2.15. The molecule has 1 aromatic carbocycles. The SMILES string of the molecule is Nc1nc2cc(Cl)cnc2n1C1COc2ccccc21. The van der Waals surface area contributed by atoms with E-state index in [1.165, 1.54) is 0 Å². The zero-order valence-corrected chi connectivity index (χ0v) is 11.2. The van der Waals surface area contributed by atoms with Gasteiger partial charge in [0.15, 0.2) is 5.65 Å². The van der Waals surface area contributed by atoms with Crippen molar-refractivity contribution in [2.75, 3.05) is 12.3 Å². The molecule has 3 aromatic rings. The Hall–Kier alpha value is -2.27. The van der Waals surface area contributed by atoms with Crippen LogP contribution < -0.4 is 10.5 Å². The normalized spacial score (nSPS) is 17.1. The number of pyridine rings is 1. The average Bonchev–Trinajstić information content (AvgIpc) is 2.98. The van der Waals surface area contributed by atoms with E-state index in [1.807, 2.05) is 28.8 Å². The van der Waals surface area contributed by atoms with Gasteiger partial charge in [0.25, 0.3) is 0 Å². The number of hydrogen-bond donors (Lipinski definition) is 1. The molecule has 4 rings (SSSR count). The van der Waals surface area contributed by atoms with Crippen molar-refractivity contribution >= 4 is 28.7 Å². The van der Waals surface area contributed by atoms with E-state index in [-0.39, 0.29) is 6.04 Å². The number of halogens is 1. The summed E-state index contributed by atoms with van der Waals surface area (Å²) in [5.74, 6) is 1.30. The standard InChI is InChI=1S/C14H11ClN4O/c15-8-5-10-13(17-6-8)19(14(16)18-10)11-7-20-12-4-2-1-3-9(11)12/h1-6,11H,7H2,(H2,16,18). The van der Waals surface area contributed by atoms with Crippen LogP contribution in [0.5, 0.6) is 5.75 Å². The third-order valence-corrected chi connectivity index (χ3v) is 3.72. The summed E-state index contributed by atoms with van der Waals surface area (Å²) in [6.07, 6.45) is 1.60. The number of nitrogens with zero attached hydrogens (tertiary/aromatic N) is 3. The van der Waals surface area contributed by atoms with Gasteiger partial charge in [-0.1, -0.05) is 29.8 Å². The number of benzene rings is 1. The molecule has 0 saturated carbocycles. The highest BCUT2D eigenvalue weighted by Gasteiger charge is 2.28. The first kappa shape index (κ1) is 11.5. The summed E-state index contributed by atoms with van der Waals surface area (Å²) in [5, 5.41) is 0.547. The van der Waals surface area contributed by atoms with E-state index in [0.717, 1.165) is 17.0 Å². The summed E-state index contributed by atoms with van der Waals surface area (Å²) in [6.45, 7) is 0.527. The molecule has 0 spiro atoms. The molecule has 1 unspecified atom stereocenters. The maximum Gasteiger partial charge on any atom is 0.203 e. The van der Waals surface area contributed by atoms with Crippen LogP contribution in [0.25, 0.3) is 11.2 Å². The first-order chi connectivity index (χ1) is 9.74. The summed E-state index contributed by atoms with van der Waals surface area (Å²) >= 11 is 5.94. The van der Waals surface area contributed by atoms with E-state index < -0.39 is 0 Å². The molecule has 3 heterocycles. The molecular formula is C14H11ClN4O. The number of fused-ring (bicyclic) bond motifs is 2. The molecule has 20 heavy (non-hydrogen) atoms. The minimum atomic E-state index is -0.00937. The molecular weight excluding hydrogens is 276 g/mol. The molecule has 5 nitrogen and oxygen atoms in total. The third kappa shape index (κ3) is 1.56. The molecule has 0 bridgehead atoms. The molecule has 2 aromatic heterocycles. The van der Waals surface area contributed by atoms with Crippen LogP contribution in [-0.4, -0.2) is 21.1 Å². The van der Waals surface area contributed by atoms with Crippen molar-refractivity contribution in [2.24, 2.45) is 0 Å². The van der Waals surface area contributed by atoms with E-state index in [4.69, 9.17) is 22.1 Å². The number of hydrogen-bond acceptors (Lipinski definition) is 4. The minimum Gasteiger partial charge on any atom is -0.491 e. The zero-order chi connectivity index (χ0) is 13.7. The number of nitrogen functional groups attached to an aromatic ring is 1. The van der Waals surface area contributed by atoms with E-state index >= 15 is 0 Å². The van der Waals surface area contributed by atoms with Crippen LogP contribution in [0.1, 0.15) is 11.6 Å². The highest BCUT2D eigenvalue weighted by Crippen LogP contribution is 2.37. The Morgan fingerprint density at radius 3 is 3.10 bits per heavy atom. The fourth-order valence-corrected chi connectivity index (χ4v) is 2.79. The van der Waals surface area contributed by atoms with Gasteiger partial charge in [-0.2, -0.15) is 0 Å². The van der Waals surface area contributed by atoms with Crippen molar-refractivity contribution in [1.82, 2.24) is 14.5 Å². The van der Waals surface area contributed by atoms with Crippen LogP contribution in [0.2, 0.25) is 5.02 Å². The molecule has 0 amide bonds. The van der Waals surface area contributed by atoms with Crippen LogP contribution in [0, 0.1) is 0 Å². The monoisotopic (exact) mass is 286 g/mol. The summed E-state index contributed by atoms with van der Waals surface area (Å²) in [4.78, 5) is 8.68. The highest BCUT2D eigenvalue weighted by atomic mass is 35.5. The maximum absolute atomic E-state index is 6.05. The van der Waals surface area contributed by atoms with Crippen molar-refractivity contribution < 1.29 is 4.74 Å². The van der Waals surface area contributed by atoms with Crippen molar-refractivity contribution in [1.29, 1.82) is 0 Å². The molecule has 0 saturated heterocycles. The van der Waals surface area contributed by atoms with Gasteiger partial charge in [-0.15, -0.1) is 0 Å². The van der Waals surface area contributed by atoms with Crippen molar-refractivity contribution in [3.63, 3.8) is 0 Å². The Balaban J connectivity index is 1.94. The van der Waals surface area contributed by atoms with Crippen LogP contribution in [0.15, 0.2) is 36.5 Å². The number of nitrogens with two attached hydrogens (primary N) is 1. The van der Waals surface area contributed by atoms with Crippen molar-refractivity contribution in [3.8, 4) is 5.75 Å². The molecule has 1 aliphatic heterocycles. The molecule has 1 aliphatic rings. The lowest BCUT2D eigenvalue weighted by Gasteiger charge is -2.13. The van der Waals surface area contributed by atoms with Crippen LogP contribution in [0.4, 0.5) is 5.95 Å². The number of aromatic nitrogens is 3. The Morgan fingerprint density at radius 1 is 1.35 bits per heavy atom. The quantitative estimate of drug-likeness (QED) is 0.747. The van der Waals surface area contributed by atoms with Gasteiger partial charge < -0.3 is 10.5 Å². The largest absolute Gasteiger partial charge is 0.491 e. The molecule has 1 atom stereocenters. The fourth-order valence-electron chi connectivity index (χ4n) is 2.64. The summed E-state index contributed by atoms with van der Waals surface area (Å²) in [6, 6.07) is 9.68. The predicted octanol–water partition coefficient (Wildman–Crippen LogP) is 2.65. The van der Waals surface area contributed by atoms with Gasteiger partial charge in [0.1, 0.15) is 23.9 Å². The smallest absolute Gasteiger partial charge is 0.203 e. The zero-order valence-electron chi connectivity index (χ0n) is 10.5. The van der Waals surface area contributed by atoms with Gasteiger partial charge in [-0.3, -0.25) is 4.57 Å². The maximum atomic E-state index is 6.05. The number of para-hydroxylation sites is 1. The number of imidazole rings is 1. The van der Waals surface area contributed by atoms with Crippen LogP contribution in [-0.2, 0) is 0 Å². The van der Waals surface area contributed by atoms with Crippen molar-refractivity contribution in [3.05, 3.63) is 47.1 Å². The van der Waals surface area contributed by atoms with Crippen molar-refractivity contribution in [2.45, 2.75) is 6.04 Å².